The van der Waals surface area contributed by atoms with Gasteiger partial charge in [-0.2, -0.15) is 0 Å². The summed E-state index contributed by atoms with van der Waals surface area (Å²) >= 11 is 0. The number of hydrogen-bond acceptors (Lipinski definition) is 2. The second kappa shape index (κ2) is 11.7. The molecule has 0 amide bonds. The smallest absolute Gasteiger partial charge is 0.136 e. The summed E-state index contributed by atoms with van der Waals surface area (Å²) in [6, 6.07) is 73.0. The van der Waals surface area contributed by atoms with Crippen LogP contribution in [0.15, 0.2) is 205 Å². The van der Waals surface area contributed by atoms with Crippen LogP contribution in [0.2, 0.25) is 0 Å². The standard InChI is InChI=1S/C56H33NO/c1-2-14-36(15-3-1)55-44-33-51-54(42-20-8-13-25-50(42)58-51)52(53(44)41-19-7-12-24-49(41)57-55)35-28-26-34(27-29-35)37-30-31-48-43(32-37)40-18-6-11-23-47(40)56(48)45-21-9-4-16-38(45)39-17-5-10-22-46(39)56/h1-33H. The monoisotopic (exact) mass is 735 g/mol. The highest BCUT2D eigenvalue weighted by molar-refractivity contribution is 6.27. The Kier molecular flexibility index (Phi) is 6.40. The van der Waals surface area contributed by atoms with Gasteiger partial charge in [-0.3, -0.25) is 0 Å². The molecule has 1 spiro atoms. The van der Waals surface area contributed by atoms with E-state index in [4.69, 9.17) is 9.40 Å². The lowest BCUT2D eigenvalue weighted by Gasteiger charge is -2.30. The van der Waals surface area contributed by atoms with Crippen LogP contribution in [-0.4, -0.2) is 4.98 Å². The predicted octanol–water partition coefficient (Wildman–Crippen LogP) is 14.6. The molecular formula is C56H33NO. The summed E-state index contributed by atoms with van der Waals surface area (Å²) in [7, 11) is 0. The maximum atomic E-state index is 6.65. The number of para-hydroxylation sites is 2. The van der Waals surface area contributed by atoms with Crippen molar-refractivity contribution < 1.29 is 4.42 Å². The van der Waals surface area contributed by atoms with Crippen molar-refractivity contribution in [1.82, 2.24) is 4.98 Å². The molecule has 0 aliphatic heterocycles. The number of pyridine rings is 1. The lowest BCUT2D eigenvalue weighted by atomic mass is 9.70. The normalized spacial score (nSPS) is 13.3. The number of aromatic nitrogens is 1. The SMILES string of the molecule is c1ccc(-c2nc3ccccc3c3c(-c4ccc(-c5ccc6c(c5)-c5ccccc5C65c6ccccc6-c6ccccc65)cc4)c4c(cc23)oc2ccccc24)cc1. The van der Waals surface area contributed by atoms with Gasteiger partial charge in [0, 0.05) is 38.1 Å². The van der Waals surface area contributed by atoms with Gasteiger partial charge in [0.05, 0.1) is 16.6 Å². The molecular weight excluding hydrogens is 703 g/mol. The zero-order valence-electron chi connectivity index (χ0n) is 31.4. The van der Waals surface area contributed by atoms with E-state index in [2.05, 4.69) is 194 Å². The molecule has 0 unspecified atom stereocenters. The minimum absolute atomic E-state index is 0.342. The first kappa shape index (κ1) is 31.6. The van der Waals surface area contributed by atoms with E-state index in [0.717, 1.165) is 55.0 Å². The van der Waals surface area contributed by atoms with Crippen molar-refractivity contribution in [3.63, 3.8) is 0 Å². The number of hydrogen-bond donors (Lipinski definition) is 0. The van der Waals surface area contributed by atoms with Crippen LogP contribution >= 0.6 is 0 Å². The molecule has 2 heteroatoms. The Bertz CT molecular complexity index is 3460. The molecule has 0 atom stereocenters. The molecule has 2 aromatic heterocycles. The van der Waals surface area contributed by atoms with Crippen LogP contribution in [0.25, 0.3) is 99.4 Å². The molecule has 0 radical (unpaired) electrons. The Balaban J connectivity index is 1.03. The number of nitrogens with zero attached hydrogens (tertiary/aromatic N) is 1. The van der Waals surface area contributed by atoms with Crippen molar-refractivity contribution in [2.24, 2.45) is 0 Å². The molecule has 2 aliphatic carbocycles. The zero-order valence-corrected chi connectivity index (χ0v) is 31.4. The Labute approximate surface area is 335 Å². The van der Waals surface area contributed by atoms with E-state index in [1.54, 1.807) is 0 Å². The van der Waals surface area contributed by atoms with E-state index >= 15 is 0 Å². The quantitative estimate of drug-likeness (QED) is 0.169. The zero-order chi connectivity index (χ0) is 38.0. The van der Waals surface area contributed by atoms with Gasteiger partial charge in [-0.15, -0.1) is 0 Å². The van der Waals surface area contributed by atoms with Gasteiger partial charge in [-0.25, -0.2) is 4.98 Å². The molecule has 0 fully saturated rings. The summed E-state index contributed by atoms with van der Waals surface area (Å²) in [5.41, 5.74) is 19.8. The fourth-order valence-electron chi connectivity index (χ4n) is 10.5. The predicted molar refractivity (Wildman–Crippen MR) is 239 cm³/mol. The van der Waals surface area contributed by atoms with Crippen LogP contribution in [0.5, 0.6) is 0 Å². The number of benzene rings is 9. The van der Waals surface area contributed by atoms with Crippen LogP contribution in [0.1, 0.15) is 22.3 Å². The second-order valence-corrected chi connectivity index (χ2v) is 15.7. The lowest BCUT2D eigenvalue weighted by Crippen LogP contribution is -2.25. The van der Waals surface area contributed by atoms with Gasteiger partial charge < -0.3 is 4.42 Å². The maximum Gasteiger partial charge on any atom is 0.136 e. The molecule has 9 aromatic carbocycles. The van der Waals surface area contributed by atoms with Crippen LogP contribution in [0.4, 0.5) is 0 Å². The summed E-state index contributed by atoms with van der Waals surface area (Å²) in [5.74, 6) is 0. The highest BCUT2D eigenvalue weighted by Gasteiger charge is 2.51. The van der Waals surface area contributed by atoms with Gasteiger partial charge in [-0.05, 0) is 85.5 Å². The fraction of sp³-hybridized carbons (Fsp3) is 0.0179. The fourth-order valence-corrected chi connectivity index (χ4v) is 10.5. The highest BCUT2D eigenvalue weighted by atomic mass is 16.3. The number of rotatable bonds is 3. The van der Waals surface area contributed by atoms with Gasteiger partial charge >= 0.3 is 0 Å². The van der Waals surface area contributed by atoms with E-state index in [-0.39, 0.29) is 5.41 Å². The van der Waals surface area contributed by atoms with E-state index in [0.29, 0.717) is 0 Å². The van der Waals surface area contributed by atoms with Crippen molar-refractivity contribution in [3.8, 4) is 55.8 Å². The van der Waals surface area contributed by atoms with Gasteiger partial charge in [0.15, 0.2) is 0 Å². The van der Waals surface area contributed by atoms with Crippen molar-refractivity contribution in [1.29, 1.82) is 0 Å². The highest BCUT2D eigenvalue weighted by Crippen LogP contribution is 2.63. The molecule has 0 N–H and O–H groups in total. The van der Waals surface area contributed by atoms with Gasteiger partial charge in [0.25, 0.3) is 0 Å². The van der Waals surface area contributed by atoms with Crippen LogP contribution < -0.4 is 0 Å². The summed E-state index contributed by atoms with van der Waals surface area (Å²) < 4.78 is 6.65. The lowest BCUT2D eigenvalue weighted by molar-refractivity contribution is 0.669. The van der Waals surface area contributed by atoms with E-state index in [1.165, 1.54) is 66.6 Å². The maximum absolute atomic E-state index is 6.65. The van der Waals surface area contributed by atoms with Crippen LogP contribution in [0.3, 0.4) is 0 Å². The largest absolute Gasteiger partial charge is 0.456 e. The first-order valence-corrected chi connectivity index (χ1v) is 20.0. The Morgan fingerprint density at radius 1 is 0.345 bits per heavy atom. The number of fused-ring (bicyclic) bond motifs is 16. The van der Waals surface area contributed by atoms with E-state index in [9.17, 15) is 0 Å². The molecule has 0 saturated carbocycles. The van der Waals surface area contributed by atoms with Crippen LogP contribution in [0, 0.1) is 0 Å². The van der Waals surface area contributed by atoms with Gasteiger partial charge in [0.2, 0.25) is 0 Å². The molecule has 2 heterocycles. The Hall–Kier alpha value is -7.55. The summed E-state index contributed by atoms with van der Waals surface area (Å²) in [5, 5.41) is 5.64. The Morgan fingerprint density at radius 3 is 1.62 bits per heavy atom. The average Bonchev–Trinajstić information content (AvgIpc) is 3.92. The first-order valence-electron chi connectivity index (χ1n) is 20.0. The summed E-state index contributed by atoms with van der Waals surface area (Å²) in [6.45, 7) is 0. The third-order valence-electron chi connectivity index (χ3n) is 12.9. The van der Waals surface area contributed by atoms with Crippen molar-refractivity contribution in [2.45, 2.75) is 5.41 Å². The molecule has 0 bridgehead atoms. The molecule has 2 nitrogen and oxygen atoms in total. The minimum Gasteiger partial charge on any atom is -0.456 e. The molecule has 2 aliphatic rings. The summed E-state index contributed by atoms with van der Waals surface area (Å²) in [6.07, 6.45) is 0. The molecule has 58 heavy (non-hydrogen) atoms. The molecule has 268 valence electrons. The minimum atomic E-state index is -0.342. The second-order valence-electron chi connectivity index (χ2n) is 15.7. The van der Waals surface area contributed by atoms with E-state index in [1.807, 2.05) is 6.07 Å². The topological polar surface area (TPSA) is 26.0 Å². The molecule has 0 saturated heterocycles. The third kappa shape index (κ3) is 4.13. The Morgan fingerprint density at radius 2 is 0.897 bits per heavy atom. The van der Waals surface area contributed by atoms with Crippen molar-refractivity contribution >= 4 is 43.6 Å². The third-order valence-corrected chi connectivity index (χ3v) is 12.9. The summed E-state index contributed by atoms with van der Waals surface area (Å²) in [4.78, 5) is 5.28. The van der Waals surface area contributed by atoms with Crippen LogP contribution in [-0.2, 0) is 5.41 Å². The average molecular weight is 736 g/mol. The number of furan rings is 1. The van der Waals surface area contributed by atoms with E-state index < -0.39 is 0 Å². The molecule has 11 aromatic rings. The van der Waals surface area contributed by atoms with Crippen molar-refractivity contribution in [2.75, 3.05) is 0 Å². The van der Waals surface area contributed by atoms with Crippen molar-refractivity contribution in [3.05, 3.63) is 222 Å². The molecule has 13 rings (SSSR count). The van der Waals surface area contributed by atoms with Gasteiger partial charge in [0.1, 0.15) is 11.2 Å². The van der Waals surface area contributed by atoms with Gasteiger partial charge in [-0.1, -0.05) is 176 Å². The first-order chi connectivity index (χ1) is 28.8.